The second kappa shape index (κ2) is 6.30. The minimum absolute atomic E-state index is 0.329. The van der Waals surface area contributed by atoms with Crippen LogP contribution in [-0.2, 0) is 6.42 Å². The molecule has 0 saturated heterocycles. The highest BCUT2D eigenvalue weighted by Crippen LogP contribution is 2.20. The average molecular weight is 290 g/mol. The molecule has 0 aliphatic rings. The van der Waals surface area contributed by atoms with Gasteiger partial charge < -0.3 is 16.8 Å². The van der Waals surface area contributed by atoms with Gasteiger partial charge >= 0.3 is 0 Å². The number of nitrogen functional groups attached to an aromatic ring is 1. The fraction of sp³-hybridized carbons (Fsp3) is 0.133. The summed E-state index contributed by atoms with van der Waals surface area (Å²) in [6.07, 6.45) is 0.871. The SMILES string of the molecule is NC(=O)c1ccc(NCCc2ccc(N)cc2)cc1Cl. The Morgan fingerprint density at radius 1 is 1.15 bits per heavy atom. The summed E-state index contributed by atoms with van der Waals surface area (Å²) < 4.78 is 0. The van der Waals surface area contributed by atoms with Crippen LogP contribution in [0.25, 0.3) is 0 Å². The molecule has 2 rings (SSSR count). The number of nitrogens with one attached hydrogen (secondary N) is 1. The van der Waals surface area contributed by atoms with E-state index in [4.69, 9.17) is 23.1 Å². The molecule has 2 aromatic carbocycles. The Hall–Kier alpha value is -2.20. The van der Waals surface area contributed by atoms with Gasteiger partial charge in [-0.3, -0.25) is 4.79 Å². The van der Waals surface area contributed by atoms with Crippen LogP contribution in [0.5, 0.6) is 0 Å². The number of carbonyl (C=O) groups excluding carboxylic acids is 1. The van der Waals surface area contributed by atoms with Crippen LogP contribution < -0.4 is 16.8 Å². The van der Waals surface area contributed by atoms with Crippen LogP contribution in [0.4, 0.5) is 11.4 Å². The Morgan fingerprint density at radius 2 is 1.85 bits per heavy atom. The summed E-state index contributed by atoms with van der Waals surface area (Å²) in [6.45, 7) is 0.760. The predicted octanol–water partition coefficient (Wildman–Crippen LogP) is 2.68. The molecule has 0 radical (unpaired) electrons. The summed E-state index contributed by atoms with van der Waals surface area (Å²) >= 11 is 5.98. The predicted molar refractivity (Wildman–Crippen MR) is 83.0 cm³/mol. The molecular formula is C15H16ClN3O. The van der Waals surface area contributed by atoms with Crippen LogP contribution in [0, 0.1) is 0 Å². The number of benzene rings is 2. The van der Waals surface area contributed by atoms with Gasteiger partial charge in [-0.1, -0.05) is 23.7 Å². The Kier molecular flexibility index (Phi) is 4.48. The lowest BCUT2D eigenvalue weighted by molar-refractivity contribution is 0.100. The van der Waals surface area contributed by atoms with E-state index in [9.17, 15) is 4.79 Å². The fourth-order valence-electron chi connectivity index (χ4n) is 1.86. The number of anilines is 2. The second-order valence-corrected chi connectivity index (χ2v) is 4.88. The zero-order valence-corrected chi connectivity index (χ0v) is 11.7. The molecule has 0 heterocycles. The number of carbonyl (C=O) groups is 1. The Balaban J connectivity index is 1.92. The summed E-state index contributed by atoms with van der Waals surface area (Å²) in [7, 11) is 0. The van der Waals surface area contributed by atoms with Crippen molar-refractivity contribution < 1.29 is 4.79 Å². The summed E-state index contributed by atoms with van der Waals surface area (Å²) in [5, 5.41) is 3.60. The molecule has 0 aliphatic carbocycles. The van der Waals surface area contributed by atoms with Crippen molar-refractivity contribution >= 4 is 28.9 Å². The number of hydrogen-bond donors (Lipinski definition) is 3. The lowest BCUT2D eigenvalue weighted by Crippen LogP contribution is -2.12. The molecule has 0 atom stereocenters. The molecule has 2 aromatic rings. The molecular weight excluding hydrogens is 274 g/mol. The first kappa shape index (κ1) is 14.2. The zero-order chi connectivity index (χ0) is 14.5. The van der Waals surface area contributed by atoms with Crippen molar-refractivity contribution in [1.29, 1.82) is 0 Å². The maximum Gasteiger partial charge on any atom is 0.250 e. The van der Waals surface area contributed by atoms with Crippen molar-refractivity contribution in [2.24, 2.45) is 5.73 Å². The van der Waals surface area contributed by atoms with E-state index in [2.05, 4.69) is 5.32 Å². The molecule has 5 N–H and O–H groups in total. The number of rotatable bonds is 5. The van der Waals surface area contributed by atoms with Gasteiger partial charge in [0.25, 0.3) is 0 Å². The van der Waals surface area contributed by atoms with Crippen molar-refractivity contribution in [3.05, 3.63) is 58.6 Å². The monoisotopic (exact) mass is 289 g/mol. The van der Waals surface area contributed by atoms with Crippen LogP contribution in [0.2, 0.25) is 5.02 Å². The average Bonchev–Trinajstić information content (AvgIpc) is 2.41. The number of nitrogens with two attached hydrogens (primary N) is 2. The number of primary amides is 1. The number of hydrogen-bond acceptors (Lipinski definition) is 3. The topological polar surface area (TPSA) is 81.1 Å². The van der Waals surface area contributed by atoms with Crippen molar-refractivity contribution in [2.75, 3.05) is 17.6 Å². The van der Waals surface area contributed by atoms with Crippen molar-refractivity contribution in [2.45, 2.75) is 6.42 Å². The van der Waals surface area contributed by atoms with Gasteiger partial charge in [0.05, 0.1) is 10.6 Å². The van der Waals surface area contributed by atoms with Gasteiger partial charge in [0.2, 0.25) is 5.91 Å². The summed E-state index contributed by atoms with van der Waals surface area (Å²) in [6, 6.07) is 12.9. The van der Waals surface area contributed by atoms with E-state index in [1.54, 1.807) is 18.2 Å². The standard InChI is InChI=1S/C15H16ClN3O/c16-14-9-12(5-6-13(14)15(18)20)19-8-7-10-1-3-11(17)4-2-10/h1-6,9,19H,7-8,17H2,(H2,18,20). The molecule has 0 bridgehead atoms. The van der Waals surface area contributed by atoms with E-state index >= 15 is 0 Å². The van der Waals surface area contributed by atoms with Crippen LogP contribution in [0.3, 0.4) is 0 Å². The maximum atomic E-state index is 11.1. The van der Waals surface area contributed by atoms with Crippen LogP contribution in [0.1, 0.15) is 15.9 Å². The van der Waals surface area contributed by atoms with Gasteiger partial charge in [-0.2, -0.15) is 0 Å². The molecule has 0 unspecified atom stereocenters. The zero-order valence-electron chi connectivity index (χ0n) is 10.9. The Bertz CT molecular complexity index is 611. The maximum absolute atomic E-state index is 11.1. The third kappa shape index (κ3) is 3.65. The van der Waals surface area contributed by atoms with E-state index in [1.807, 2.05) is 24.3 Å². The highest BCUT2D eigenvalue weighted by Gasteiger charge is 2.06. The molecule has 104 valence electrons. The lowest BCUT2D eigenvalue weighted by atomic mass is 10.1. The van der Waals surface area contributed by atoms with Crippen molar-refractivity contribution in [3.63, 3.8) is 0 Å². The highest BCUT2D eigenvalue weighted by atomic mass is 35.5. The van der Waals surface area contributed by atoms with Crippen LogP contribution >= 0.6 is 11.6 Å². The molecule has 5 heteroatoms. The first-order chi connectivity index (χ1) is 9.56. The minimum atomic E-state index is -0.525. The minimum Gasteiger partial charge on any atom is -0.399 e. The number of amides is 1. The molecule has 4 nitrogen and oxygen atoms in total. The van der Waals surface area contributed by atoms with Gasteiger partial charge in [-0.15, -0.1) is 0 Å². The van der Waals surface area contributed by atoms with Crippen LogP contribution in [0.15, 0.2) is 42.5 Å². The quantitative estimate of drug-likeness (QED) is 0.740. The van der Waals surface area contributed by atoms with E-state index in [0.717, 1.165) is 24.3 Å². The third-order valence-corrected chi connectivity index (χ3v) is 3.27. The molecule has 0 aromatic heterocycles. The molecule has 1 amide bonds. The van der Waals surface area contributed by atoms with E-state index in [1.165, 1.54) is 5.56 Å². The fourth-order valence-corrected chi connectivity index (χ4v) is 2.13. The van der Waals surface area contributed by atoms with Gasteiger partial charge in [0.15, 0.2) is 0 Å². The normalized spacial score (nSPS) is 10.2. The van der Waals surface area contributed by atoms with Crippen molar-refractivity contribution in [1.82, 2.24) is 0 Å². The smallest absolute Gasteiger partial charge is 0.250 e. The van der Waals surface area contributed by atoms with Crippen molar-refractivity contribution in [3.8, 4) is 0 Å². The first-order valence-corrected chi connectivity index (χ1v) is 6.61. The van der Waals surface area contributed by atoms with Gasteiger partial charge in [0.1, 0.15) is 0 Å². The van der Waals surface area contributed by atoms with E-state index in [-0.39, 0.29) is 0 Å². The molecule has 20 heavy (non-hydrogen) atoms. The number of halogens is 1. The molecule has 0 fully saturated rings. The van der Waals surface area contributed by atoms with Gasteiger partial charge in [-0.05, 0) is 42.3 Å². The molecule has 0 aliphatic heterocycles. The third-order valence-electron chi connectivity index (χ3n) is 2.96. The van der Waals surface area contributed by atoms with Gasteiger partial charge in [0, 0.05) is 17.9 Å². The van der Waals surface area contributed by atoms with Gasteiger partial charge in [-0.25, -0.2) is 0 Å². The second-order valence-electron chi connectivity index (χ2n) is 4.48. The first-order valence-electron chi connectivity index (χ1n) is 6.24. The molecule has 0 saturated carbocycles. The lowest BCUT2D eigenvalue weighted by Gasteiger charge is -2.08. The largest absolute Gasteiger partial charge is 0.399 e. The van der Waals surface area contributed by atoms with Crippen LogP contribution in [-0.4, -0.2) is 12.5 Å². The van der Waals surface area contributed by atoms with E-state index in [0.29, 0.717) is 10.6 Å². The summed E-state index contributed by atoms with van der Waals surface area (Å²) in [4.78, 5) is 11.1. The summed E-state index contributed by atoms with van der Waals surface area (Å²) in [5.74, 6) is -0.525. The Labute approximate surface area is 122 Å². The molecule has 0 spiro atoms. The highest BCUT2D eigenvalue weighted by molar-refractivity contribution is 6.34. The Morgan fingerprint density at radius 3 is 2.45 bits per heavy atom. The summed E-state index contributed by atoms with van der Waals surface area (Å²) in [5.41, 5.74) is 14.0. The van der Waals surface area contributed by atoms with E-state index < -0.39 is 5.91 Å².